The van der Waals surface area contributed by atoms with Gasteiger partial charge < -0.3 is 5.73 Å². The van der Waals surface area contributed by atoms with Gasteiger partial charge in [-0.3, -0.25) is 0 Å². The maximum atomic E-state index is 6.17. The van der Waals surface area contributed by atoms with Gasteiger partial charge in [0.1, 0.15) is 5.69 Å². The fraction of sp³-hybridized carbons (Fsp3) is 0.143. The fourth-order valence-corrected chi connectivity index (χ4v) is 2.58. The van der Waals surface area contributed by atoms with E-state index in [4.69, 9.17) is 5.73 Å². The summed E-state index contributed by atoms with van der Waals surface area (Å²) in [7, 11) is 0. The van der Waals surface area contributed by atoms with E-state index in [1.165, 1.54) is 5.56 Å². The molecule has 0 spiro atoms. The number of thiophene rings is 1. The minimum absolute atomic E-state index is 0.118. The summed E-state index contributed by atoms with van der Waals surface area (Å²) < 4.78 is 0. The van der Waals surface area contributed by atoms with Crippen LogP contribution in [0.15, 0.2) is 53.4 Å². The summed E-state index contributed by atoms with van der Waals surface area (Å²) in [6, 6.07) is 11.8. The maximum Gasteiger partial charge on any atom is 0.100 e. The van der Waals surface area contributed by atoms with Crippen molar-refractivity contribution in [2.75, 3.05) is 0 Å². The van der Waals surface area contributed by atoms with Gasteiger partial charge in [0.05, 0.1) is 17.9 Å². The average molecular weight is 270 g/mol. The molecule has 0 amide bonds. The summed E-state index contributed by atoms with van der Waals surface area (Å²) in [5, 5.41) is 12.9. The Hall–Kier alpha value is -1.98. The first-order chi connectivity index (χ1) is 9.33. The molecule has 1 unspecified atom stereocenters. The Bertz CT molecular complexity index is 631. The number of benzene rings is 1. The highest BCUT2D eigenvalue weighted by molar-refractivity contribution is 7.07. The van der Waals surface area contributed by atoms with Gasteiger partial charge in [0, 0.05) is 0 Å². The van der Waals surface area contributed by atoms with E-state index >= 15 is 0 Å². The molecule has 1 atom stereocenters. The van der Waals surface area contributed by atoms with Crippen molar-refractivity contribution in [2.45, 2.75) is 12.5 Å². The van der Waals surface area contributed by atoms with Gasteiger partial charge in [0.2, 0.25) is 0 Å². The number of nitrogens with two attached hydrogens (primary N) is 1. The van der Waals surface area contributed by atoms with Crippen molar-refractivity contribution in [3.8, 4) is 5.69 Å². The maximum absolute atomic E-state index is 6.17. The zero-order valence-electron chi connectivity index (χ0n) is 10.3. The molecule has 0 aliphatic rings. The Kier molecular flexibility index (Phi) is 3.39. The van der Waals surface area contributed by atoms with Gasteiger partial charge in [0.15, 0.2) is 0 Å². The summed E-state index contributed by atoms with van der Waals surface area (Å²) in [5.74, 6) is 0. The molecule has 0 aliphatic heterocycles. The van der Waals surface area contributed by atoms with Crippen LogP contribution >= 0.6 is 11.3 Å². The Morgan fingerprint density at radius 3 is 2.79 bits per heavy atom. The second kappa shape index (κ2) is 5.34. The standard InChI is InChI=1S/C14H14N4S/c15-13(8-11-6-7-19-10-11)14-9-16-18(17-14)12-4-2-1-3-5-12/h1-7,9-10,13H,8,15H2. The molecule has 0 saturated carbocycles. The smallest absolute Gasteiger partial charge is 0.100 e. The normalized spacial score (nSPS) is 12.5. The van der Waals surface area contributed by atoms with E-state index in [0.717, 1.165) is 17.8 Å². The lowest BCUT2D eigenvalue weighted by Gasteiger charge is -2.06. The van der Waals surface area contributed by atoms with Crippen LogP contribution in [0.25, 0.3) is 5.69 Å². The van der Waals surface area contributed by atoms with Gasteiger partial charge in [-0.25, -0.2) is 0 Å². The van der Waals surface area contributed by atoms with E-state index in [-0.39, 0.29) is 6.04 Å². The third kappa shape index (κ3) is 2.72. The summed E-state index contributed by atoms with van der Waals surface area (Å²) in [6.45, 7) is 0. The average Bonchev–Trinajstić information content (AvgIpc) is 3.10. The molecule has 3 rings (SSSR count). The molecule has 2 N–H and O–H groups in total. The second-order valence-electron chi connectivity index (χ2n) is 4.34. The van der Waals surface area contributed by atoms with E-state index in [9.17, 15) is 0 Å². The van der Waals surface area contributed by atoms with Crippen molar-refractivity contribution in [1.82, 2.24) is 15.0 Å². The van der Waals surface area contributed by atoms with Crippen molar-refractivity contribution >= 4 is 11.3 Å². The van der Waals surface area contributed by atoms with Crippen molar-refractivity contribution in [1.29, 1.82) is 0 Å². The Morgan fingerprint density at radius 1 is 1.21 bits per heavy atom. The topological polar surface area (TPSA) is 56.7 Å². The third-order valence-electron chi connectivity index (χ3n) is 2.91. The lowest BCUT2D eigenvalue weighted by atomic mass is 10.1. The summed E-state index contributed by atoms with van der Waals surface area (Å²) in [4.78, 5) is 1.61. The molecule has 4 nitrogen and oxygen atoms in total. The predicted octanol–water partition coefficient (Wildman–Crippen LogP) is 2.57. The Balaban J connectivity index is 1.78. The highest BCUT2D eigenvalue weighted by Crippen LogP contribution is 2.16. The zero-order valence-corrected chi connectivity index (χ0v) is 11.1. The van der Waals surface area contributed by atoms with Crippen LogP contribution in [-0.2, 0) is 6.42 Å². The molecule has 19 heavy (non-hydrogen) atoms. The number of nitrogens with zero attached hydrogens (tertiary/aromatic N) is 3. The molecule has 1 aromatic carbocycles. The van der Waals surface area contributed by atoms with Crippen LogP contribution in [0.4, 0.5) is 0 Å². The first-order valence-corrected chi connectivity index (χ1v) is 7.01. The minimum atomic E-state index is -0.118. The van der Waals surface area contributed by atoms with E-state index in [1.807, 2.05) is 30.3 Å². The SMILES string of the molecule is NC(Cc1ccsc1)c1cnn(-c2ccccc2)n1. The molecule has 0 saturated heterocycles. The van der Waals surface area contributed by atoms with Gasteiger partial charge >= 0.3 is 0 Å². The van der Waals surface area contributed by atoms with Gasteiger partial charge in [-0.1, -0.05) is 18.2 Å². The molecule has 0 aliphatic carbocycles. The summed E-state index contributed by atoms with van der Waals surface area (Å²) in [6.07, 6.45) is 2.53. The molecular weight excluding hydrogens is 256 g/mol. The van der Waals surface area contributed by atoms with Crippen LogP contribution in [0, 0.1) is 0 Å². The molecule has 3 aromatic rings. The predicted molar refractivity (Wildman–Crippen MR) is 76.3 cm³/mol. The molecule has 2 aromatic heterocycles. The van der Waals surface area contributed by atoms with Gasteiger partial charge in [-0.05, 0) is 40.9 Å². The van der Waals surface area contributed by atoms with Gasteiger partial charge in [0.25, 0.3) is 0 Å². The van der Waals surface area contributed by atoms with E-state index in [2.05, 4.69) is 27.0 Å². The largest absolute Gasteiger partial charge is 0.322 e. The number of para-hydroxylation sites is 1. The van der Waals surface area contributed by atoms with Crippen LogP contribution in [0.3, 0.4) is 0 Å². The van der Waals surface area contributed by atoms with Crippen LogP contribution < -0.4 is 5.73 Å². The monoisotopic (exact) mass is 270 g/mol. The van der Waals surface area contributed by atoms with Crippen LogP contribution in [0.5, 0.6) is 0 Å². The molecule has 0 radical (unpaired) electrons. The number of rotatable bonds is 4. The molecule has 5 heteroatoms. The summed E-state index contributed by atoms with van der Waals surface area (Å²) >= 11 is 1.68. The Labute approximate surface area is 115 Å². The lowest BCUT2D eigenvalue weighted by molar-refractivity contribution is 0.667. The van der Waals surface area contributed by atoms with Crippen molar-refractivity contribution in [2.24, 2.45) is 5.73 Å². The van der Waals surface area contributed by atoms with Crippen molar-refractivity contribution < 1.29 is 0 Å². The number of hydrogen-bond acceptors (Lipinski definition) is 4. The molecule has 2 heterocycles. The molecule has 96 valence electrons. The lowest BCUT2D eigenvalue weighted by Crippen LogP contribution is -2.14. The quantitative estimate of drug-likeness (QED) is 0.792. The zero-order chi connectivity index (χ0) is 13.1. The van der Waals surface area contributed by atoms with E-state index in [1.54, 1.807) is 22.3 Å². The second-order valence-corrected chi connectivity index (χ2v) is 5.12. The summed E-state index contributed by atoms with van der Waals surface area (Å²) in [5.41, 5.74) is 9.16. The van der Waals surface area contributed by atoms with Crippen molar-refractivity contribution in [3.63, 3.8) is 0 Å². The van der Waals surface area contributed by atoms with E-state index < -0.39 is 0 Å². The molecule has 0 bridgehead atoms. The molecule has 0 fully saturated rings. The third-order valence-corrected chi connectivity index (χ3v) is 3.64. The van der Waals surface area contributed by atoms with Crippen molar-refractivity contribution in [3.05, 3.63) is 64.6 Å². The van der Waals surface area contributed by atoms with Crippen LogP contribution in [0.1, 0.15) is 17.3 Å². The van der Waals surface area contributed by atoms with Crippen LogP contribution in [0.2, 0.25) is 0 Å². The van der Waals surface area contributed by atoms with Gasteiger partial charge in [-0.2, -0.15) is 26.3 Å². The highest BCUT2D eigenvalue weighted by Gasteiger charge is 2.12. The number of aromatic nitrogens is 3. The first kappa shape index (κ1) is 12.1. The number of hydrogen-bond donors (Lipinski definition) is 1. The van der Waals surface area contributed by atoms with Crippen LogP contribution in [-0.4, -0.2) is 15.0 Å². The minimum Gasteiger partial charge on any atom is -0.322 e. The molecular formula is C14H14N4S. The Morgan fingerprint density at radius 2 is 2.05 bits per heavy atom. The fourth-order valence-electron chi connectivity index (χ4n) is 1.90. The van der Waals surface area contributed by atoms with E-state index in [0.29, 0.717) is 0 Å². The van der Waals surface area contributed by atoms with Gasteiger partial charge in [-0.15, -0.1) is 0 Å². The highest BCUT2D eigenvalue weighted by atomic mass is 32.1. The first-order valence-electron chi connectivity index (χ1n) is 6.07.